The lowest BCUT2D eigenvalue weighted by Gasteiger charge is -2.18. The molecule has 0 radical (unpaired) electrons. The van der Waals surface area contributed by atoms with Gasteiger partial charge in [-0.15, -0.1) is 0 Å². The van der Waals surface area contributed by atoms with Gasteiger partial charge in [0.1, 0.15) is 12.4 Å². The van der Waals surface area contributed by atoms with Gasteiger partial charge in [-0.3, -0.25) is 19.1 Å². The normalized spacial score (nSPS) is 10.7. The summed E-state index contributed by atoms with van der Waals surface area (Å²) in [4.78, 5) is 40.6. The summed E-state index contributed by atoms with van der Waals surface area (Å²) in [5, 5.41) is 0.423. The molecule has 3 rings (SSSR count). The van der Waals surface area contributed by atoms with Crippen molar-refractivity contribution >= 4 is 16.8 Å². The first-order valence-electron chi connectivity index (χ1n) is 9.28. The van der Waals surface area contributed by atoms with Crippen LogP contribution < -0.4 is 16.0 Å². The van der Waals surface area contributed by atoms with E-state index in [1.165, 1.54) is 4.57 Å². The van der Waals surface area contributed by atoms with Crippen molar-refractivity contribution in [3.05, 3.63) is 87.6 Å². The van der Waals surface area contributed by atoms with E-state index in [0.717, 1.165) is 11.3 Å². The lowest BCUT2D eigenvalue weighted by atomic mass is 10.2. The van der Waals surface area contributed by atoms with Crippen molar-refractivity contribution in [2.24, 2.45) is 0 Å². The van der Waals surface area contributed by atoms with Crippen molar-refractivity contribution in [1.29, 1.82) is 0 Å². The maximum atomic E-state index is 12.5. The predicted molar refractivity (Wildman–Crippen MR) is 112 cm³/mol. The Kier molecular flexibility index (Phi) is 6.29. The molecule has 0 spiro atoms. The highest BCUT2D eigenvalue weighted by Crippen LogP contribution is 2.14. The number of ether oxygens (including phenoxy) is 1. The molecule has 1 heterocycles. The molecular weight excluding hydrogens is 370 g/mol. The van der Waals surface area contributed by atoms with Gasteiger partial charge in [-0.25, -0.2) is 4.79 Å². The molecule has 3 aromatic rings. The summed E-state index contributed by atoms with van der Waals surface area (Å²) in [6.07, 6.45) is 1.82. The molecule has 0 aliphatic heterocycles. The minimum Gasteiger partial charge on any atom is -0.490 e. The summed E-state index contributed by atoms with van der Waals surface area (Å²) >= 11 is 0. The van der Waals surface area contributed by atoms with Gasteiger partial charge in [0.15, 0.2) is 0 Å². The molecule has 0 aliphatic carbocycles. The summed E-state index contributed by atoms with van der Waals surface area (Å²) in [6.45, 7) is 4.69. The second-order valence-electron chi connectivity index (χ2n) is 6.67. The fraction of sp³-hybridized carbons (Fsp3) is 0.227. The maximum absolute atomic E-state index is 12.5. The van der Waals surface area contributed by atoms with Crippen LogP contribution in [0.3, 0.4) is 0 Å². The van der Waals surface area contributed by atoms with E-state index in [9.17, 15) is 14.4 Å². The lowest BCUT2D eigenvalue weighted by molar-refractivity contribution is -0.130. The predicted octanol–water partition coefficient (Wildman–Crippen LogP) is 2.30. The topological polar surface area (TPSA) is 84.4 Å². The zero-order valence-electron chi connectivity index (χ0n) is 16.3. The number of H-pyrrole nitrogens is 1. The number of carbonyl (C=O) groups is 1. The highest BCUT2D eigenvalue weighted by atomic mass is 16.5. The van der Waals surface area contributed by atoms with E-state index >= 15 is 0 Å². The average molecular weight is 393 g/mol. The zero-order valence-corrected chi connectivity index (χ0v) is 16.3. The molecule has 0 aliphatic rings. The Morgan fingerprint density at radius 1 is 1.17 bits per heavy atom. The van der Waals surface area contributed by atoms with E-state index in [4.69, 9.17) is 4.74 Å². The van der Waals surface area contributed by atoms with Crippen LogP contribution in [0, 0.1) is 0 Å². The second kappa shape index (κ2) is 9.05. The van der Waals surface area contributed by atoms with E-state index in [1.54, 1.807) is 42.3 Å². The first-order chi connectivity index (χ1) is 14.0. The van der Waals surface area contributed by atoms with Gasteiger partial charge < -0.3 is 9.64 Å². The van der Waals surface area contributed by atoms with E-state index < -0.39 is 11.2 Å². The van der Waals surface area contributed by atoms with Crippen LogP contribution in [0.4, 0.5) is 0 Å². The third kappa shape index (κ3) is 4.82. The van der Waals surface area contributed by atoms with Gasteiger partial charge in [-0.1, -0.05) is 36.9 Å². The minimum absolute atomic E-state index is 0.0980. The maximum Gasteiger partial charge on any atom is 0.328 e. The highest BCUT2D eigenvalue weighted by Gasteiger charge is 2.12. The fourth-order valence-electron chi connectivity index (χ4n) is 3.07. The van der Waals surface area contributed by atoms with Crippen LogP contribution in [-0.4, -0.2) is 34.0 Å². The molecule has 29 heavy (non-hydrogen) atoms. The van der Waals surface area contributed by atoms with Crippen molar-refractivity contribution in [2.45, 2.75) is 19.5 Å². The third-order valence-electron chi connectivity index (χ3n) is 4.59. The number of benzene rings is 2. The number of carbonyl (C=O) groups excluding carboxylic acids is 1. The highest BCUT2D eigenvalue weighted by molar-refractivity contribution is 5.78. The van der Waals surface area contributed by atoms with E-state index in [1.807, 2.05) is 24.3 Å². The van der Waals surface area contributed by atoms with Crippen LogP contribution in [0.15, 0.2) is 70.8 Å². The van der Waals surface area contributed by atoms with Crippen molar-refractivity contribution in [3.8, 4) is 5.75 Å². The minimum atomic E-state index is -0.515. The number of nitrogens with zero attached hydrogens (tertiary/aromatic N) is 2. The number of nitrogens with one attached hydrogen (secondary N) is 1. The molecule has 0 atom stereocenters. The molecule has 7 heteroatoms. The van der Waals surface area contributed by atoms with E-state index in [2.05, 4.69) is 11.6 Å². The van der Waals surface area contributed by atoms with Crippen molar-refractivity contribution in [3.63, 3.8) is 0 Å². The Morgan fingerprint density at radius 2 is 1.90 bits per heavy atom. The number of aromatic amines is 1. The fourth-order valence-corrected chi connectivity index (χ4v) is 3.07. The molecule has 2 aromatic carbocycles. The number of aromatic nitrogens is 2. The Hall–Kier alpha value is -3.61. The summed E-state index contributed by atoms with van der Waals surface area (Å²) < 4.78 is 6.87. The quantitative estimate of drug-likeness (QED) is 0.595. The number of hydrogen-bond donors (Lipinski definition) is 1. The molecule has 0 saturated carbocycles. The Labute approximate surface area is 167 Å². The van der Waals surface area contributed by atoms with Crippen LogP contribution in [0.2, 0.25) is 0 Å². The molecule has 0 bridgehead atoms. The summed E-state index contributed by atoms with van der Waals surface area (Å²) in [7, 11) is 1.72. The lowest BCUT2D eigenvalue weighted by Crippen LogP contribution is -2.33. The molecule has 0 fully saturated rings. The largest absolute Gasteiger partial charge is 0.490 e. The summed E-state index contributed by atoms with van der Waals surface area (Å²) in [6, 6.07) is 14.4. The molecule has 150 valence electrons. The number of aryl methyl sites for hydroxylation is 1. The van der Waals surface area contributed by atoms with E-state index in [-0.39, 0.29) is 18.9 Å². The summed E-state index contributed by atoms with van der Waals surface area (Å²) in [5.41, 5.74) is 0.551. The van der Waals surface area contributed by atoms with Crippen LogP contribution in [0.25, 0.3) is 10.9 Å². The van der Waals surface area contributed by atoms with Gasteiger partial charge in [0.2, 0.25) is 5.91 Å². The van der Waals surface area contributed by atoms with Crippen molar-refractivity contribution < 1.29 is 9.53 Å². The smallest absolute Gasteiger partial charge is 0.328 e. The van der Waals surface area contributed by atoms with Crippen LogP contribution >= 0.6 is 0 Å². The molecule has 1 N–H and O–H groups in total. The van der Waals surface area contributed by atoms with Crippen LogP contribution in [-0.2, 0) is 17.9 Å². The van der Waals surface area contributed by atoms with Crippen molar-refractivity contribution in [1.82, 2.24) is 14.5 Å². The van der Waals surface area contributed by atoms with E-state index in [0.29, 0.717) is 24.1 Å². The Balaban J connectivity index is 1.65. The third-order valence-corrected chi connectivity index (χ3v) is 4.59. The number of para-hydroxylation sites is 1. The molecule has 1 amide bonds. The Bertz CT molecular complexity index is 1130. The summed E-state index contributed by atoms with van der Waals surface area (Å²) in [5.74, 6) is 0.645. The van der Waals surface area contributed by atoms with Gasteiger partial charge >= 0.3 is 5.69 Å². The van der Waals surface area contributed by atoms with Gasteiger partial charge in [0, 0.05) is 26.6 Å². The number of rotatable bonds is 8. The van der Waals surface area contributed by atoms with Gasteiger partial charge in [0.05, 0.1) is 10.9 Å². The molecular formula is C22H23N3O4. The van der Waals surface area contributed by atoms with Crippen LogP contribution in [0.1, 0.15) is 12.0 Å². The molecule has 1 aromatic heterocycles. The average Bonchev–Trinajstić information content (AvgIpc) is 2.73. The molecule has 0 unspecified atom stereocenters. The van der Waals surface area contributed by atoms with Crippen LogP contribution in [0.5, 0.6) is 5.75 Å². The molecule has 7 nitrogen and oxygen atoms in total. The first-order valence-corrected chi connectivity index (χ1v) is 9.28. The zero-order chi connectivity index (χ0) is 20.8. The van der Waals surface area contributed by atoms with Gasteiger partial charge in [-0.05, 0) is 29.8 Å². The SMILES string of the molecule is C=CCOc1ccc(CN(C)C(=O)CCn2c(=O)[nH]c(=O)c3ccccc32)cc1. The van der Waals surface area contributed by atoms with Gasteiger partial charge in [-0.2, -0.15) is 0 Å². The van der Waals surface area contributed by atoms with Gasteiger partial charge in [0.25, 0.3) is 5.56 Å². The monoisotopic (exact) mass is 393 g/mol. The number of amides is 1. The standard InChI is InChI=1S/C22H23N3O4/c1-3-14-29-17-10-8-16(9-11-17)15-24(2)20(26)12-13-25-19-7-5-4-6-18(19)21(27)23-22(25)28/h3-11H,1,12-15H2,2H3,(H,23,27,28). The van der Waals surface area contributed by atoms with Crippen molar-refractivity contribution in [2.75, 3.05) is 13.7 Å². The molecule has 0 saturated heterocycles. The number of hydrogen-bond acceptors (Lipinski definition) is 4. The first kappa shape index (κ1) is 20.1. The number of fused-ring (bicyclic) bond motifs is 1. The second-order valence-corrected chi connectivity index (χ2v) is 6.67. The Morgan fingerprint density at radius 3 is 2.62 bits per heavy atom.